The van der Waals surface area contributed by atoms with Crippen LogP contribution in [0.3, 0.4) is 0 Å². The number of allylic oxidation sites excluding steroid dienone is 2. The van der Waals surface area contributed by atoms with Gasteiger partial charge in [-0.1, -0.05) is 12.2 Å². The Bertz CT molecular complexity index is 777. The van der Waals surface area contributed by atoms with Gasteiger partial charge in [0.15, 0.2) is 0 Å². The van der Waals surface area contributed by atoms with Crippen LogP contribution in [0.4, 0.5) is 17.1 Å². The van der Waals surface area contributed by atoms with Crippen LogP contribution in [0.25, 0.3) is 0 Å². The summed E-state index contributed by atoms with van der Waals surface area (Å²) in [6, 6.07) is 3.50. The highest BCUT2D eigenvalue weighted by atomic mass is 16.6. The summed E-state index contributed by atoms with van der Waals surface area (Å²) in [5.74, 6) is 0.532. The first kappa shape index (κ1) is 19.0. The third kappa shape index (κ3) is 4.68. The van der Waals surface area contributed by atoms with E-state index in [4.69, 9.17) is 4.74 Å². The van der Waals surface area contributed by atoms with Crippen LogP contribution in [0.2, 0.25) is 0 Å². The van der Waals surface area contributed by atoms with Crippen LogP contribution in [-0.4, -0.2) is 28.8 Å². The van der Waals surface area contributed by atoms with Crippen molar-refractivity contribution < 1.29 is 14.6 Å². The van der Waals surface area contributed by atoms with E-state index in [1.54, 1.807) is 0 Å². The maximum Gasteiger partial charge on any atom is 0.301 e. The fraction of sp³-hybridized carbons (Fsp3) is 0.500. The van der Waals surface area contributed by atoms with Gasteiger partial charge >= 0.3 is 5.69 Å². The number of nitro groups is 2. The number of nitrogens with zero attached hydrogens (tertiary/aromatic N) is 3. The summed E-state index contributed by atoms with van der Waals surface area (Å²) >= 11 is 0. The van der Waals surface area contributed by atoms with Gasteiger partial charge in [0.05, 0.1) is 29.1 Å². The Kier molecular flexibility index (Phi) is 6.12. The van der Waals surface area contributed by atoms with Crippen molar-refractivity contribution in [3.8, 4) is 0 Å². The fourth-order valence-electron chi connectivity index (χ4n) is 3.49. The molecule has 144 valence electrons. The van der Waals surface area contributed by atoms with Crippen molar-refractivity contribution in [2.45, 2.75) is 32.1 Å². The number of hydrogen-bond donors (Lipinski definition) is 1. The van der Waals surface area contributed by atoms with Gasteiger partial charge in [0.1, 0.15) is 5.69 Å². The van der Waals surface area contributed by atoms with Gasteiger partial charge in [0.2, 0.25) is 0 Å². The van der Waals surface area contributed by atoms with Crippen LogP contribution < -0.4 is 5.43 Å². The fourth-order valence-corrected chi connectivity index (χ4v) is 3.49. The van der Waals surface area contributed by atoms with Gasteiger partial charge in [-0.3, -0.25) is 25.7 Å². The summed E-state index contributed by atoms with van der Waals surface area (Å²) in [6.45, 7) is 1.28. The van der Waals surface area contributed by atoms with Crippen molar-refractivity contribution in [2.24, 2.45) is 16.9 Å². The predicted molar refractivity (Wildman–Crippen MR) is 101 cm³/mol. The molecule has 0 aromatic heterocycles. The molecule has 1 saturated heterocycles. The SMILES string of the molecule is O=[N+]([O-])c1ccc(N/N=C2\CCCC/C=C/C[C@H]3COC[C@H]23)c([N+](=O)[O-])c1. The Hall–Kier alpha value is -2.81. The summed E-state index contributed by atoms with van der Waals surface area (Å²) in [4.78, 5) is 20.8. The Morgan fingerprint density at radius 2 is 1.96 bits per heavy atom. The molecule has 0 spiro atoms. The summed E-state index contributed by atoms with van der Waals surface area (Å²) in [5.41, 5.74) is 3.18. The Morgan fingerprint density at radius 1 is 1.11 bits per heavy atom. The zero-order valence-corrected chi connectivity index (χ0v) is 14.9. The van der Waals surface area contributed by atoms with E-state index in [1.165, 1.54) is 12.1 Å². The molecule has 1 aromatic rings. The molecular weight excluding hydrogens is 352 g/mol. The second-order valence-corrected chi connectivity index (χ2v) is 6.79. The number of fused-ring (bicyclic) bond motifs is 1. The molecule has 27 heavy (non-hydrogen) atoms. The molecule has 0 unspecified atom stereocenters. The normalized spacial score (nSPS) is 25.6. The van der Waals surface area contributed by atoms with Crippen molar-refractivity contribution >= 4 is 22.8 Å². The first-order chi connectivity index (χ1) is 13.1. The first-order valence-electron chi connectivity index (χ1n) is 9.04. The lowest BCUT2D eigenvalue weighted by molar-refractivity contribution is -0.393. The number of rotatable bonds is 4. The minimum absolute atomic E-state index is 0.144. The van der Waals surface area contributed by atoms with E-state index in [2.05, 4.69) is 22.7 Å². The molecular formula is C18H22N4O5. The number of nitro benzene ring substituents is 2. The van der Waals surface area contributed by atoms with E-state index < -0.39 is 9.85 Å². The molecule has 1 fully saturated rings. The van der Waals surface area contributed by atoms with Gasteiger partial charge in [-0.15, -0.1) is 0 Å². The Morgan fingerprint density at radius 3 is 2.74 bits per heavy atom. The molecule has 1 aliphatic carbocycles. The average molecular weight is 374 g/mol. The molecule has 0 bridgehead atoms. The number of nitrogens with one attached hydrogen (secondary N) is 1. The van der Waals surface area contributed by atoms with Gasteiger partial charge in [-0.25, -0.2) is 0 Å². The molecule has 0 saturated carbocycles. The number of benzene rings is 1. The molecule has 2 aliphatic rings. The number of ether oxygens (including phenoxy) is 1. The second-order valence-electron chi connectivity index (χ2n) is 6.79. The molecule has 9 nitrogen and oxygen atoms in total. The maximum atomic E-state index is 11.3. The first-order valence-corrected chi connectivity index (χ1v) is 9.04. The predicted octanol–water partition coefficient (Wildman–Crippen LogP) is 4.05. The smallest absolute Gasteiger partial charge is 0.301 e. The summed E-state index contributed by atoms with van der Waals surface area (Å²) in [7, 11) is 0. The van der Waals surface area contributed by atoms with Crippen molar-refractivity contribution in [3.63, 3.8) is 0 Å². The van der Waals surface area contributed by atoms with E-state index in [9.17, 15) is 20.2 Å². The molecule has 2 atom stereocenters. The van der Waals surface area contributed by atoms with Crippen LogP contribution in [0.1, 0.15) is 32.1 Å². The highest BCUT2D eigenvalue weighted by molar-refractivity contribution is 5.88. The minimum atomic E-state index is -0.655. The Labute approximate surface area is 156 Å². The third-order valence-corrected chi connectivity index (χ3v) is 4.99. The van der Waals surface area contributed by atoms with Gasteiger partial charge in [0, 0.05) is 17.7 Å². The van der Waals surface area contributed by atoms with Gasteiger partial charge < -0.3 is 4.74 Å². The summed E-state index contributed by atoms with van der Waals surface area (Å²) < 4.78 is 5.64. The maximum absolute atomic E-state index is 11.3. The topological polar surface area (TPSA) is 120 Å². The van der Waals surface area contributed by atoms with Crippen molar-refractivity contribution in [1.29, 1.82) is 0 Å². The number of hydrogen-bond acceptors (Lipinski definition) is 7. The highest BCUT2D eigenvalue weighted by Crippen LogP contribution is 2.31. The largest absolute Gasteiger partial charge is 0.380 e. The number of anilines is 1. The standard InChI is InChI=1S/C18H22N4O5/c23-21(24)14-8-9-17(18(10-14)22(25)26)20-19-16-7-5-3-1-2-4-6-13-11-27-12-15(13)16/h2,4,8-10,13,15,20H,1,3,5-7,11-12H2/b4-2+,19-16+/t13-,15-/m0/s1. The second kappa shape index (κ2) is 8.72. The van der Waals surface area contributed by atoms with Crippen LogP contribution in [0.15, 0.2) is 35.5 Å². The lowest BCUT2D eigenvalue weighted by Crippen LogP contribution is -2.24. The number of non-ortho nitro benzene ring substituents is 1. The van der Waals surface area contributed by atoms with Gasteiger partial charge in [-0.05, 0) is 44.1 Å². The lowest BCUT2D eigenvalue weighted by atomic mass is 9.85. The zero-order chi connectivity index (χ0) is 19.2. The zero-order valence-electron chi connectivity index (χ0n) is 14.9. The molecule has 1 aliphatic heterocycles. The summed E-state index contributed by atoms with van der Waals surface area (Å²) in [5, 5.41) is 26.6. The number of hydrazone groups is 1. The van der Waals surface area contributed by atoms with E-state index in [0.29, 0.717) is 19.1 Å². The van der Waals surface area contributed by atoms with E-state index in [1.807, 2.05) is 0 Å². The van der Waals surface area contributed by atoms with Crippen molar-refractivity contribution in [1.82, 2.24) is 0 Å². The third-order valence-electron chi connectivity index (χ3n) is 4.99. The van der Waals surface area contributed by atoms with Crippen LogP contribution in [0.5, 0.6) is 0 Å². The van der Waals surface area contributed by atoms with E-state index >= 15 is 0 Å². The minimum Gasteiger partial charge on any atom is -0.380 e. The molecule has 1 heterocycles. The van der Waals surface area contributed by atoms with E-state index in [-0.39, 0.29) is 23.0 Å². The lowest BCUT2D eigenvalue weighted by Gasteiger charge is -2.20. The van der Waals surface area contributed by atoms with Crippen LogP contribution >= 0.6 is 0 Å². The molecule has 9 heteroatoms. The van der Waals surface area contributed by atoms with Crippen LogP contribution in [-0.2, 0) is 4.74 Å². The van der Waals surface area contributed by atoms with Gasteiger partial charge in [-0.2, -0.15) is 5.10 Å². The average Bonchev–Trinajstić information content (AvgIpc) is 3.12. The molecule has 1 N–H and O–H groups in total. The molecule has 0 radical (unpaired) electrons. The molecule has 0 amide bonds. The Balaban J connectivity index is 1.85. The van der Waals surface area contributed by atoms with Crippen molar-refractivity contribution in [2.75, 3.05) is 18.6 Å². The quantitative estimate of drug-likeness (QED) is 0.482. The summed E-state index contributed by atoms with van der Waals surface area (Å²) in [6.07, 6.45) is 9.22. The highest BCUT2D eigenvalue weighted by Gasteiger charge is 2.31. The van der Waals surface area contributed by atoms with Crippen LogP contribution in [0, 0.1) is 32.1 Å². The van der Waals surface area contributed by atoms with Crippen molar-refractivity contribution in [3.05, 3.63) is 50.6 Å². The van der Waals surface area contributed by atoms with Gasteiger partial charge in [0.25, 0.3) is 5.69 Å². The monoisotopic (exact) mass is 374 g/mol. The van der Waals surface area contributed by atoms with E-state index in [0.717, 1.165) is 43.9 Å². The molecule has 3 rings (SSSR count). The molecule has 1 aromatic carbocycles.